The number of halogens is 1. The topological polar surface area (TPSA) is 104 Å². The van der Waals surface area contributed by atoms with Crippen LogP contribution in [0.5, 0.6) is 0 Å². The van der Waals surface area contributed by atoms with Gasteiger partial charge in [-0.1, -0.05) is 23.7 Å². The molecule has 8 nitrogen and oxygen atoms in total. The van der Waals surface area contributed by atoms with E-state index < -0.39 is 0 Å². The Morgan fingerprint density at radius 1 is 1.00 bits per heavy atom. The standard InChI is InChI=1S/C20H22ClN7O/c1-13-6-7-15(11-16(13)21)27-20(29)24-10-9-23-18-12-19(26-14(2)25-18)28-17-5-3-4-8-22-17/h3-8,11-12H,9-10H2,1-2H3,(H2,24,27,29)(H2,22,23,25,26,28). The third-order valence-corrected chi connectivity index (χ3v) is 4.31. The highest BCUT2D eigenvalue weighted by molar-refractivity contribution is 6.31. The van der Waals surface area contributed by atoms with E-state index >= 15 is 0 Å². The molecule has 0 aliphatic rings. The van der Waals surface area contributed by atoms with Crippen molar-refractivity contribution >= 4 is 40.8 Å². The van der Waals surface area contributed by atoms with Gasteiger partial charge in [0.25, 0.3) is 0 Å². The molecule has 2 heterocycles. The second-order valence-corrected chi connectivity index (χ2v) is 6.70. The van der Waals surface area contributed by atoms with Gasteiger partial charge in [-0.25, -0.2) is 19.7 Å². The fraction of sp³-hybridized carbons (Fsp3) is 0.200. The van der Waals surface area contributed by atoms with Gasteiger partial charge < -0.3 is 21.3 Å². The first-order chi connectivity index (χ1) is 14.0. The minimum absolute atomic E-state index is 0.303. The lowest BCUT2D eigenvalue weighted by Crippen LogP contribution is -2.32. The van der Waals surface area contributed by atoms with E-state index in [9.17, 15) is 4.79 Å². The molecule has 3 rings (SSSR count). The van der Waals surface area contributed by atoms with Gasteiger partial charge in [-0.3, -0.25) is 0 Å². The van der Waals surface area contributed by atoms with Crippen molar-refractivity contribution < 1.29 is 4.79 Å². The average molecular weight is 412 g/mol. The summed E-state index contributed by atoms with van der Waals surface area (Å²) in [6.07, 6.45) is 1.71. The van der Waals surface area contributed by atoms with Crippen LogP contribution in [0.1, 0.15) is 11.4 Å². The largest absolute Gasteiger partial charge is 0.368 e. The van der Waals surface area contributed by atoms with Crippen molar-refractivity contribution in [1.29, 1.82) is 0 Å². The van der Waals surface area contributed by atoms with Gasteiger partial charge in [-0.2, -0.15) is 0 Å². The van der Waals surface area contributed by atoms with Crippen LogP contribution in [-0.2, 0) is 0 Å². The van der Waals surface area contributed by atoms with Crippen LogP contribution in [0, 0.1) is 13.8 Å². The van der Waals surface area contributed by atoms with Crippen molar-refractivity contribution in [3.05, 3.63) is 65.1 Å². The average Bonchev–Trinajstić information content (AvgIpc) is 2.68. The Morgan fingerprint density at radius 2 is 1.83 bits per heavy atom. The van der Waals surface area contributed by atoms with Crippen molar-refractivity contribution in [1.82, 2.24) is 20.3 Å². The quantitative estimate of drug-likeness (QED) is 0.436. The van der Waals surface area contributed by atoms with Crippen molar-refractivity contribution in [2.24, 2.45) is 0 Å². The molecule has 150 valence electrons. The Balaban J connectivity index is 1.47. The summed E-state index contributed by atoms with van der Waals surface area (Å²) in [6.45, 7) is 4.64. The zero-order chi connectivity index (χ0) is 20.6. The number of pyridine rings is 1. The molecular formula is C20H22ClN7O. The van der Waals surface area contributed by atoms with E-state index in [4.69, 9.17) is 11.6 Å². The van der Waals surface area contributed by atoms with Crippen molar-refractivity contribution in [3.63, 3.8) is 0 Å². The highest BCUT2D eigenvalue weighted by Gasteiger charge is 2.05. The van der Waals surface area contributed by atoms with E-state index in [1.165, 1.54) is 0 Å². The lowest BCUT2D eigenvalue weighted by Gasteiger charge is -2.11. The third-order valence-electron chi connectivity index (χ3n) is 3.91. The number of benzene rings is 1. The van der Waals surface area contributed by atoms with E-state index in [0.717, 1.165) is 5.56 Å². The molecule has 0 aliphatic carbocycles. The maximum Gasteiger partial charge on any atom is 0.319 e. The molecule has 0 saturated heterocycles. The van der Waals surface area contributed by atoms with Gasteiger partial charge in [0.05, 0.1) is 0 Å². The molecule has 0 unspecified atom stereocenters. The summed E-state index contributed by atoms with van der Waals surface area (Å²) in [7, 11) is 0. The highest BCUT2D eigenvalue weighted by atomic mass is 35.5. The fourth-order valence-electron chi connectivity index (χ4n) is 2.50. The summed E-state index contributed by atoms with van der Waals surface area (Å²) in [6, 6.07) is 12.5. The number of nitrogens with zero attached hydrogens (tertiary/aromatic N) is 3. The predicted molar refractivity (Wildman–Crippen MR) is 116 cm³/mol. The summed E-state index contributed by atoms with van der Waals surface area (Å²) in [5, 5.41) is 12.4. The van der Waals surface area contributed by atoms with E-state index in [-0.39, 0.29) is 6.03 Å². The monoisotopic (exact) mass is 411 g/mol. The Labute approximate surface area is 174 Å². The zero-order valence-corrected chi connectivity index (χ0v) is 16.9. The molecule has 0 fully saturated rings. The summed E-state index contributed by atoms with van der Waals surface area (Å²) >= 11 is 6.07. The number of nitrogens with one attached hydrogen (secondary N) is 4. The molecular weight excluding hydrogens is 390 g/mol. The Hall–Kier alpha value is -3.39. The highest BCUT2D eigenvalue weighted by Crippen LogP contribution is 2.19. The van der Waals surface area contributed by atoms with Crippen LogP contribution in [0.2, 0.25) is 5.02 Å². The molecule has 2 amide bonds. The number of anilines is 4. The number of aryl methyl sites for hydroxylation is 2. The van der Waals surface area contributed by atoms with Crippen LogP contribution >= 0.6 is 11.6 Å². The van der Waals surface area contributed by atoms with Gasteiger partial charge >= 0.3 is 6.03 Å². The molecule has 0 radical (unpaired) electrons. The van der Waals surface area contributed by atoms with Crippen molar-refractivity contribution in [2.45, 2.75) is 13.8 Å². The van der Waals surface area contributed by atoms with E-state index in [1.807, 2.05) is 38.1 Å². The van der Waals surface area contributed by atoms with Gasteiger partial charge in [0.15, 0.2) is 0 Å². The lowest BCUT2D eigenvalue weighted by molar-refractivity contribution is 0.252. The minimum Gasteiger partial charge on any atom is -0.368 e. The molecule has 0 atom stereocenters. The molecule has 0 bridgehead atoms. The minimum atomic E-state index is -0.303. The van der Waals surface area contributed by atoms with Crippen LogP contribution in [0.3, 0.4) is 0 Å². The normalized spacial score (nSPS) is 10.3. The summed E-state index contributed by atoms with van der Waals surface area (Å²) in [5.74, 6) is 2.62. The summed E-state index contributed by atoms with van der Waals surface area (Å²) in [5.41, 5.74) is 1.60. The Bertz CT molecular complexity index is 982. The predicted octanol–water partition coefficient (Wildman–Crippen LogP) is 4.12. The first-order valence-electron chi connectivity index (χ1n) is 9.08. The number of carbonyl (C=O) groups excluding carboxylic acids is 1. The molecule has 3 aromatic rings. The molecule has 0 aliphatic heterocycles. The van der Waals surface area contributed by atoms with Crippen LogP contribution < -0.4 is 21.3 Å². The second kappa shape index (κ2) is 9.70. The zero-order valence-electron chi connectivity index (χ0n) is 16.2. The maximum absolute atomic E-state index is 12.0. The maximum atomic E-state index is 12.0. The van der Waals surface area contributed by atoms with E-state index in [0.29, 0.717) is 47.1 Å². The van der Waals surface area contributed by atoms with Gasteiger partial charge in [0.1, 0.15) is 23.3 Å². The number of rotatable bonds is 7. The van der Waals surface area contributed by atoms with Crippen molar-refractivity contribution in [2.75, 3.05) is 29.0 Å². The molecule has 4 N–H and O–H groups in total. The third kappa shape index (κ3) is 6.32. The van der Waals surface area contributed by atoms with Gasteiger partial charge in [0.2, 0.25) is 0 Å². The van der Waals surface area contributed by atoms with Gasteiger partial charge in [-0.15, -0.1) is 0 Å². The Morgan fingerprint density at radius 3 is 2.59 bits per heavy atom. The van der Waals surface area contributed by atoms with Crippen LogP contribution in [0.25, 0.3) is 0 Å². The number of aromatic nitrogens is 3. The fourth-order valence-corrected chi connectivity index (χ4v) is 2.68. The molecule has 2 aromatic heterocycles. The molecule has 0 saturated carbocycles. The molecule has 29 heavy (non-hydrogen) atoms. The summed E-state index contributed by atoms with van der Waals surface area (Å²) in [4.78, 5) is 24.9. The second-order valence-electron chi connectivity index (χ2n) is 6.30. The number of urea groups is 1. The number of carbonyl (C=O) groups is 1. The van der Waals surface area contributed by atoms with Crippen LogP contribution in [-0.4, -0.2) is 34.1 Å². The van der Waals surface area contributed by atoms with Crippen LogP contribution in [0.15, 0.2) is 48.7 Å². The smallest absolute Gasteiger partial charge is 0.319 e. The number of hydrogen-bond acceptors (Lipinski definition) is 6. The van der Waals surface area contributed by atoms with Crippen molar-refractivity contribution in [3.8, 4) is 0 Å². The lowest BCUT2D eigenvalue weighted by atomic mass is 10.2. The number of amides is 2. The molecule has 1 aromatic carbocycles. The van der Waals surface area contributed by atoms with Gasteiger partial charge in [0, 0.05) is 36.1 Å². The molecule has 9 heteroatoms. The van der Waals surface area contributed by atoms with Crippen LogP contribution in [0.4, 0.5) is 27.9 Å². The van der Waals surface area contributed by atoms with E-state index in [1.54, 1.807) is 24.4 Å². The Kier molecular flexibility index (Phi) is 6.80. The first-order valence-corrected chi connectivity index (χ1v) is 9.46. The van der Waals surface area contributed by atoms with Gasteiger partial charge in [-0.05, 0) is 43.7 Å². The molecule has 0 spiro atoms. The SMILES string of the molecule is Cc1nc(NCCNC(=O)Nc2ccc(C)c(Cl)c2)cc(Nc2ccccn2)n1. The number of hydrogen-bond donors (Lipinski definition) is 4. The first kappa shape index (κ1) is 20.3. The van der Waals surface area contributed by atoms with E-state index in [2.05, 4.69) is 36.2 Å². The summed E-state index contributed by atoms with van der Waals surface area (Å²) < 4.78 is 0.